The number of nitrogens with zero attached hydrogens (tertiary/aromatic N) is 1. The summed E-state index contributed by atoms with van der Waals surface area (Å²) in [4.78, 5) is 1.97. The first-order chi connectivity index (χ1) is 5.89. The molecule has 0 aliphatic rings. The van der Waals surface area contributed by atoms with Gasteiger partial charge in [0.2, 0.25) is 0 Å². The molecule has 0 aromatic heterocycles. The van der Waals surface area contributed by atoms with Gasteiger partial charge in [-0.05, 0) is 20.9 Å². The van der Waals surface area contributed by atoms with E-state index < -0.39 is 5.60 Å². The number of likely N-dealkylation sites (N-methyl/N-ethyl adjacent to an activating group) is 1. The summed E-state index contributed by atoms with van der Waals surface area (Å²) >= 11 is 0. The molecular weight excluding hydrogens is 170 g/mol. The van der Waals surface area contributed by atoms with Gasteiger partial charge in [-0.3, -0.25) is 4.90 Å². The number of hydrogen-bond acceptors (Lipinski definition) is 4. The molecule has 13 heavy (non-hydrogen) atoms. The lowest BCUT2D eigenvalue weighted by Crippen LogP contribution is -2.40. The standard InChI is InChI=1S/C9H21NO3/c1-9(2,11)7-10(3)6-8(12-4)13-5/h8,11H,6-7H2,1-5H3. The minimum Gasteiger partial charge on any atom is -0.389 e. The van der Waals surface area contributed by atoms with Gasteiger partial charge < -0.3 is 14.6 Å². The van der Waals surface area contributed by atoms with Gasteiger partial charge in [-0.15, -0.1) is 0 Å². The molecule has 0 heterocycles. The molecule has 0 bridgehead atoms. The van der Waals surface area contributed by atoms with Crippen LogP contribution in [0, 0.1) is 0 Å². The lowest BCUT2D eigenvalue weighted by molar-refractivity contribution is -0.118. The van der Waals surface area contributed by atoms with Crippen LogP contribution in [-0.2, 0) is 9.47 Å². The van der Waals surface area contributed by atoms with E-state index in [9.17, 15) is 5.11 Å². The van der Waals surface area contributed by atoms with Crippen LogP contribution in [0.3, 0.4) is 0 Å². The zero-order valence-corrected chi connectivity index (χ0v) is 9.20. The van der Waals surface area contributed by atoms with Gasteiger partial charge in [-0.2, -0.15) is 0 Å². The summed E-state index contributed by atoms with van der Waals surface area (Å²) in [5, 5.41) is 9.52. The summed E-state index contributed by atoms with van der Waals surface area (Å²) in [7, 11) is 5.13. The molecule has 0 saturated heterocycles. The number of aliphatic hydroxyl groups is 1. The molecule has 0 unspecified atom stereocenters. The van der Waals surface area contributed by atoms with Crippen LogP contribution in [-0.4, -0.2) is 56.3 Å². The molecule has 0 aromatic rings. The Morgan fingerprint density at radius 1 is 1.31 bits per heavy atom. The molecule has 0 aliphatic carbocycles. The van der Waals surface area contributed by atoms with Crippen molar-refractivity contribution in [3.8, 4) is 0 Å². The van der Waals surface area contributed by atoms with Crippen molar-refractivity contribution in [2.75, 3.05) is 34.4 Å². The zero-order valence-electron chi connectivity index (χ0n) is 9.20. The van der Waals surface area contributed by atoms with Crippen LogP contribution in [0.1, 0.15) is 13.8 Å². The Bertz CT molecular complexity index is 129. The van der Waals surface area contributed by atoms with Crippen LogP contribution in [0.2, 0.25) is 0 Å². The predicted octanol–water partition coefficient (Wildman–Crippen LogP) is 0.308. The fourth-order valence-corrected chi connectivity index (χ4v) is 1.22. The number of rotatable bonds is 6. The van der Waals surface area contributed by atoms with Crippen LogP contribution < -0.4 is 0 Å². The summed E-state index contributed by atoms with van der Waals surface area (Å²) in [5.41, 5.74) is -0.680. The van der Waals surface area contributed by atoms with Gasteiger partial charge in [0, 0.05) is 27.3 Å². The molecule has 0 aromatic carbocycles. The average molecular weight is 191 g/mol. The third kappa shape index (κ3) is 6.95. The Hall–Kier alpha value is -0.160. The fraction of sp³-hybridized carbons (Fsp3) is 1.00. The molecule has 0 radical (unpaired) electrons. The van der Waals surface area contributed by atoms with Crippen molar-refractivity contribution in [2.45, 2.75) is 25.7 Å². The maximum Gasteiger partial charge on any atom is 0.169 e. The third-order valence-corrected chi connectivity index (χ3v) is 1.64. The molecule has 0 aliphatic heterocycles. The predicted molar refractivity (Wildman–Crippen MR) is 51.6 cm³/mol. The number of ether oxygens (including phenoxy) is 2. The van der Waals surface area contributed by atoms with Crippen molar-refractivity contribution in [2.24, 2.45) is 0 Å². The highest BCUT2D eigenvalue weighted by atomic mass is 16.7. The Morgan fingerprint density at radius 2 is 1.77 bits per heavy atom. The van der Waals surface area contributed by atoms with Gasteiger partial charge in [-0.1, -0.05) is 0 Å². The Labute approximate surface area is 80.4 Å². The van der Waals surface area contributed by atoms with Crippen molar-refractivity contribution in [3.05, 3.63) is 0 Å². The average Bonchev–Trinajstić information content (AvgIpc) is 1.96. The van der Waals surface area contributed by atoms with Gasteiger partial charge in [0.05, 0.1) is 5.60 Å². The molecular formula is C9H21NO3. The Morgan fingerprint density at radius 3 is 2.08 bits per heavy atom. The number of methoxy groups -OCH3 is 2. The van der Waals surface area contributed by atoms with Gasteiger partial charge in [0.1, 0.15) is 0 Å². The molecule has 0 spiro atoms. The van der Waals surface area contributed by atoms with E-state index in [1.54, 1.807) is 28.1 Å². The molecule has 0 atom stereocenters. The van der Waals surface area contributed by atoms with Crippen molar-refractivity contribution in [1.82, 2.24) is 4.90 Å². The van der Waals surface area contributed by atoms with E-state index >= 15 is 0 Å². The maximum atomic E-state index is 9.52. The van der Waals surface area contributed by atoms with E-state index in [1.807, 2.05) is 11.9 Å². The third-order valence-electron chi connectivity index (χ3n) is 1.64. The number of hydrogen-bond donors (Lipinski definition) is 1. The van der Waals surface area contributed by atoms with Crippen molar-refractivity contribution in [1.29, 1.82) is 0 Å². The van der Waals surface area contributed by atoms with E-state index in [4.69, 9.17) is 9.47 Å². The van der Waals surface area contributed by atoms with Crippen LogP contribution in [0.25, 0.3) is 0 Å². The van der Waals surface area contributed by atoms with E-state index in [-0.39, 0.29) is 6.29 Å². The van der Waals surface area contributed by atoms with Gasteiger partial charge in [0.15, 0.2) is 6.29 Å². The Kier molecular flexibility index (Phi) is 5.48. The first-order valence-corrected chi connectivity index (χ1v) is 4.35. The fourth-order valence-electron chi connectivity index (χ4n) is 1.22. The van der Waals surface area contributed by atoms with Crippen molar-refractivity contribution >= 4 is 0 Å². The van der Waals surface area contributed by atoms with Gasteiger partial charge >= 0.3 is 0 Å². The molecule has 0 amide bonds. The lowest BCUT2D eigenvalue weighted by Gasteiger charge is -2.27. The highest BCUT2D eigenvalue weighted by molar-refractivity contribution is 4.70. The largest absolute Gasteiger partial charge is 0.389 e. The molecule has 80 valence electrons. The molecule has 0 fully saturated rings. The monoisotopic (exact) mass is 191 g/mol. The zero-order chi connectivity index (χ0) is 10.5. The van der Waals surface area contributed by atoms with Crippen LogP contribution in [0.5, 0.6) is 0 Å². The minimum absolute atomic E-state index is 0.229. The Balaban J connectivity index is 3.79. The van der Waals surface area contributed by atoms with Crippen LogP contribution in [0.4, 0.5) is 0 Å². The van der Waals surface area contributed by atoms with Crippen LogP contribution >= 0.6 is 0 Å². The first-order valence-electron chi connectivity index (χ1n) is 4.35. The highest BCUT2D eigenvalue weighted by Gasteiger charge is 2.17. The molecule has 4 nitrogen and oxygen atoms in total. The van der Waals surface area contributed by atoms with Crippen molar-refractivity contribution < 1.29 is 14.6 Å². The van der Waals surface area contributed by atoms with Crippen molar-refractivity contribution in [3.63, 3.8) is 0 Å². The second-order valence-electron chi connectivity index (χ2n) is 3.91. The molecule has 0 rings (SSSR count). The van der Waals surface area contributed by atoms with E-state index in [0.717, 1.165) is 0 Å². The quantitative estimate of drug-likeness (QED) is 0.613. The summed E-state index contributed by atoms with van der Waals surface area (Å²) in [5.74, 6) is 0. The summed E-state index contributed by atoms with van der Waals surface area (Å²) in [6.07, 6.45) is -0.229. The first kappa shape index (κ1) is 12.8. The lowest BCUT2D eigenvalue weighted by atomic mass is 10.1. The summed E-state index contributed by atoms with van der Waals surface area (Å²) in [6.45, 7) is 4.80. The summed E-state index contributed by atoms with van der Waals surface area (Å²) < 4.78 is 10.1. The van der Waals surface area contributed by atoms with E-state index in [0.29, 0.717) is 13.1 Å². The van der Waals surface area contributed by atoms with Gasteiger partial charge in [0.25, 0.3) is 0 Å². The van der Waals surface area contributed by atoms with E-state index in [1.165, 1.54) is 0 Å². The maximum absolute atomic E-state index is 9.52. The summed E-state index contributed by atoms with van der Waals surface area (Å²) in [6, 6.07) is 0. The minimum atomic E-state index is -0.680. The molecule has 1 N–H and O–H groups in total. The SMILES string of the molecule is COC(CN(C)CC(C)(C)O)OC. The van der Waals surface area contributed by atoms with E-state index in [2.05, 4.69) is 0 Å². The molecule has 0 saturated carbocycles. The second kappa shape index (κ2) is 5.54. The smallest absolute Gasteiger partial charge is 0.169 e. The normalized spacial score (nSPS) is 12.9. The highest BCUT2D eigenvalue weighted by Crippen LogP contribution is 2.04. The van der Waals surface area contributed by atoms with Gasteiger partial charge in [-0.25, -0.2) is 0 Å². The van der Waals surface area contributed by atoms with Crippen LogP contribution in [0.15, 0.2) is 0 Å². The second-order valence-corrected chi connectivity index (χ2v) is 3.91. The molecule has 4 heteroatoms. The topological polar surface area (TPSA) is 41.9 Å².